The number of likely N-dealkylation sites (tertiary alicyclic amines) is 1. The third-order valence-corrected chi connectivity index (χ3v) is 12.1. The number of nitrogens with one attached hydrogen (secondary N) is 4. The lowest BCUT2D eigenvalue weighted by atomic mass is 9.99. The average Bonchev–Trinajstić information content (AvgIpc) is 4.09. The molecule has 7 rings (SSSR count). The number of hydrogen-bond acceptors (Lipinski definition) is 8. The van der Waals surface area contributed by atoms with Gasteiger partial charge in [-0.2, -0.15) is 0 Å². The van der Waals surface area contributed by atoms with E-state index in [2.05, 4.69) is 69.1 Å². The molecule has 2 bridgehead atoms. The molecular weight excluding hydrogens is 749 g/mol. The Hall–Kier alpha value is -5.66. The number of carbonyl (C=O) groups excluding carboxylic acids is 4. The number of hydrogen-bond donors (Lipinski definition) is 4. The number of imidazole rings is 2. The standard InChI is InChI=1S/C45H58N8O6/c1-28(2)38(51-45(57)59-4)43(55)53-26-11-15-36(53)40-46-27-35(48-40)31-21-17-29(18-22-31)30-19-23-32(24-20-30)39-33-13-9-7-5-6-8-10-14-34(49-44(56)58-3)42(54)52-25-12-16-37(52)41(47-33)50-39/h17-24,27-28,34,36-38H,5-16,25-26H2,1-4H3,(H,46,48)(H,47,50)(H,49,56)(H,51,57)/t34-,36+,37-,38-/m0/s1. The summed E-state index contributed by atoms with van der Waals surface area (Å²) >= 11 is 0. The monoisotopic (exact) mass is 806 g/mol. The Morgan fingerprint density at radius 2 is 1.36 bits per heavy atom. The first-order valence-corrected chi connectivity index (χ1v) is 21.3. The SMILES string of the molecule is COC(=O)N[C@H]1CCCCCCCCc2[nH]c(nc2-c2ccc(-c3ccc(-c4cnc([C@H]5CCCN5C(=O)[C@@H](NC(=O)OC)C(C)C)[nH]4)cc3)cc2)[C@@H]2CCCN2C1=O. The number of rotatable bonds is 8. The summed E-state index contributed by atoms with van der Waals surface area (Å²) in [7, 11) is 2.62. The smallest absolute Gasteiger partial charge is 0.407 e. The van der Waals surface area contributed by atoms with Crippen molar-refractivity contribution in [2.45, 2.75) is 115 Å². The minimum Gasteiger partial charge on any atom is -0.453 e. The maximum Gasteiger partial charge on any atom is 0.407 e. The van der Waals surface area contributed by atoms with E-state index in [-0.39, 0.29) is 29.8 Å². The first kappa shape index (κ1) is 41.5. The normalized spacial score (nSPS) is 20.7. The van der Waals surface area contributed by atoms with Gasteiger partial charge in [-0.15, -0.1) is 0 Å². The van der Waals surface area contributed by atoms with E-state index in [0.29, 0.717) is 19.5 Å². The topological polar surface area (TPSA) is 175 Å². The quantitative estimate of drug-likeness (QED) is 0.139. The van der Waals surface area contributed by atoms with Gasteiger partial charge in [-0.1, -0.05) is 94.5 Å². The molecule has 4 aromatic rings. The van der Waals surface area contributed by atoms with Crippen LogP contribution >= 0.6 is 0 Å². The number of H-pyrrole nitrogens is 2. The zero-order chi connectivity index (χ0) is 41.5. The minimum absolute atomic E-state index is 0.0748. The first-order valence-electron chi connectivity index (χ1n) is 21.3. The molecule has 2 aromatic heterocycles. The number of ether oxygens (including phenoxy) is 2. The lowest BCUT2D eigenvalue weighted by Gasteiger charge is -2.30. The van der Waals surface area contributed by atoms with Crippen LogP contribution in [0.4, 0.5) is 9.59 Å². The fraction of sp³-hybridized carbons (Fsp3) is 0.511. The highest BCUT2D eigenvalue weighted by molar-refractivity contribution is 5.87. The second kappa shape index (κ2) is 18.9. The van der Waals surface area contributed by atoms with E-state index in [1.165, 1.54) is 14.2 Å². The molecule has 59 heavy (non-hydrogen) atoms. The van der Waals surface area contributed by atoms with Crippen molar-refractivity contribution in [3.05, 3.63) is 72.1 Å². The molecule has 3 aliphatic heterocycles. The Morgan fingerprint density at radius 1 is 0.729 bits per heavy atom. The van der Waals surface area contributed by atoms with E-state index in [1.807, 2.05) is 29.8 Å². The summed E-state index contributed by atoms with van der Waals surface area (Å²) in [6.07, 6.45) is 11.7. The summed E-state index contributed by atoms with van der Waals surface area (Å²) in [6, 6.07) is 15.2. The van der Waals surface area contributed by atoms with Gasteiger partial charge in [-0.25, -0.2) is 19.6 Å². The molecule has 314 valence electrons. The number of aromatic amines is 2. The van der Waals surface area contributed by atoms with Crippen molar-refractivity contribution in [3.8, 4) is 33.6 Å². The van der Waals surface area contributed by atoms with Crippen molar-refractivity contribution in [2.75, 3.05) is 27.3 Å². The highest BCUT2D eigenvalue weighted by Gasteiger charge is 2.38. The van der Waals surface area contributed by atoms with Crippen LogP contribution in [0.1, 0.15) is 114 Å². The summed E-state index contributed by atoms with van der Waals surface area (Å²) < 4.78 is 9.64. The Kier molecular flexibility index (Phi) is 13.3. The van der Waals surface area contributed by atoms with Crippen molar-refractivity contribution in [1.82, 2.24) is 40.4 Å². The number of aryl methyl sites for hydroxylation is 1. The third kappa shape index (κ3) is 9.47. The number of alkyl carbamates (subject to hydrolysis) is 2. The molecule has 2 aromatic carbocycles. The van der Waals surface area contributed by atoms with Gasteiger partial charge < -0.3 is 39.9 Å². The molecule has 3 aliphatic rings. The minimum atomic E-state index is -0.687. The molecule has 14 heteroatoms. The Morgan fingerprint density at radius 3 is 2.05 bits per heavy atom. The third-order valence-electron chi connectivity index (χ3n) is 12.1. The Balaban J connectivity index is 1.06. The Labute approximate surface area is 346 Å². The Bertz CT molecular complexity index is 2080. The van der Waals surface area contributed by atoms with Crippen molar-refractivity contribution < 1.29 is 28.7 Å². The molecule has 4 N–H and O–H groups in total. The largest absolute Gasteiger partial charge is 0.453 e. The number of methoxy groups -OCH3 is 2. The van der Waals surface area contributed by atoms with Gasteiger partial charge in [0.15, 0.2) is 0 Å². The number of fused-ring (bicyclic) bond motifs is 4. The molecule has 4 amide bonds. The number of benzene rings is 2. The zero-order valence-electron chi connectivity index (χ0n) is 34.7. The van der Waals surface area contributed by atoms with Crippen molar-refractivity contribution >= 4 is 24.0 Å². The van der Waals surface area contributed by atoms with Gasteiger partial charge in [0.2, 0.25) is 11.8 Å². The molecule has 5 heterocycles. The van der Waals surface area contributed by atoms with Gasteiger partial charge in [-0.05, 0) is 67.6 Å². The van der Waals surface area contributed by atoms with Gasteiger partial charge in [0.05, 0.1) is 43.9 Å². The number of carbonyl (C=O) groups is 4. The summed E-state index contributed by atoms with van der Waals surface area (Å²) in [5.41, 5.74) is 7.05. The number of nitrogens with zero attached hydrogens (tertiary/aromatic N) is 4. The molecule has 0 aliphatic carbocycles. The fourth-order valence-corrected chi connectivity index (χ4v) is 8.85. The van der Waals surface area contributed by atoms with Crippen LogP contribution in [-0.4, -0.2) is 93.1 Å². The van der Waals surface area contributed by atoms with E-state index < -0.39 is 24.3 Å². The van der Waals surface area contributed by atoms with Crippen LogP contribution in [0.25, 0.3) is 33.6 Å². The molecule has 2 fully saturated rings. The van der Waals surface area contributed by atoms with Crippen molar-refractivity contribution in [3.63, 3.8) is 0 Å². The second-order valence-corrected chi connectivity index (χ2v) is 16.4. The van der Waals surface area contributed by atoms with E-state index in [0.717, 1.165) is 122 Å². The molecule has 0 unspecified atom stereocenters. The predicted octanol–water partition coefficient (Wildman–Crippen LogP) is 7.85. The van der Waals surface area contributed by atoms with Crippen LogP contribution in [0.15, 0.2) is 54.7 Å². The van der Waals surface area contributed by atoms with Crippen LogP contribution in [0, 0.1) is 5.92 Å². The highest BCUT2D eigenvalue weighted by atomic mass is 16.5. The van der Waals surface area contributed by atoms with Gasteiger partial charge in [0, 0.05) is 24.3 Å². The number of amides is 4. The van der Waals surface area contributed by atoms with Crippen LogP contribution in [0.3, 0.4) is 0 Å². The number of aromatic nitrogens is 4. The van der Waals surface area contributed by atoms with Crippen LogP contribution in [0.2, 0.25) is 0 Å². The molecule has 14 nitrogen and oxygen atoms in total. The van der Waals surface area contributed by atoms with E-state index >= 15 is 0 Å². The lowest BCUT2D eigenvalue weighted by molar-refractivity contribution is -0.135. The van der Waals surface area contributed by atoms with Crippen LogP contribution < -0.4 is 10.6 Å². The fourth-order valence-electron chi connectivity index (χ4n) is 8.85. The predicted molar refractivity (Wildman–Crippen MR) is 224 cm³/mol. The molecule has 0 spiro atoms. The van der Waals surface area contributed by atoms with Gasteiger partial charge in [0.25, 0.3) is 0 Å². The second-order valence-electron chi connectivity index (χ2n) is 16.4. The van der Waals surface area contributed by atoms with E-state index in [1.54, 1.807) is 0 Å². The molecule has 4 atom stereocenters. The van der Waals surface area contributed by atoms with Crippen molar-refractivity contribution in [2.24, 2.45) is 5.92 Å². The van der Waals surface area contributed by atoms with E-state index in [9.17, 15) is 19.2 Å². The average molecular weight is 807 g/mol. The molecule has 2 saturated heterocycles. The summed E-state index contributed by atoms with van der Waals surface area (Å²) in [5, 5.41) is 5.51. The first-order chi connectivity index (χ1) is 28.6. The maximum atomic E-state index is 13.9. The van der Waals surface area contributed by atoms with E-state index in [4.69, 9.17) is 19.4 Å². The zero-order valence-corrected chi connectivity index (χ0v) is 34.7. The van der Waals surface area contributed by atoms with Crippen LogP contribution in [-0.2, 0) is 25.5 Å². The van der Waals surface area contributed by atoms with Crippen LogP contribution in [0.5, 0.6) is 0 Å². The summed E-state index contributed by atoms with van der Waals surface area (Å²) in [5.74, 6) is 1.22. The maximum absolute atomic E-state index is 13.9. The lowest BCUT2D eigenvalue weighted by Crippen LogP contribution is -2.51. The van der Waals surface area contributed by atoms with Gasteiger partial charge in [-0.3, -0.25) is 9.59 Å². The van der Waals surface area contributed by atoms with Crippen molar-refractivity contribution in [1.29, 1.82) is 0 Å². The van der Waals surface area contributed by atoms with Gasteiger partial charge in [0.1, 0.15) is 23.7 Å². The molecular formula is C45H58N8O6. The summed E-state index contributed by atoms with van der Waals surface area (Å²) in [6.45, 7) is 5.03. The molecule has 0 saturated carbocycles. The summed E-state index contributed by atoms with van der Waals surface area (Å²) in [4.78, 5) is 72.4. The highest BCUT2D eigenvalue weighted by Crippen LogP contribution is 2.36. The van der Waals surface area contributed by atoms with Gasteiger partial charge >= 0.3 is 12.2 Å². The molecule has 0 radical (unpaired) electrons.